The van der Waals surface area contributed by atoms with Gasteiger partial charge < -0.3 is 13.9 Å². The van der Waals surface area contributed by atoms with Crippen LogP contribution in [0.2, 0.25) is 43.8 Å². The number of hydrogen-bond acceptors (Lipinski definition) is 3. The van der Waals surface area contributed by atoms with Gasteiger partial charge in [0, 0.05) is 14.5 Å². The molecule has 3 nitrogen and oxygen atoms in total. The summed E-state index contributed by atoms with van der Waals surface area (Å²) >= 11 is 0. The Kier molecular flexibility index (Phi) is 7.99. The summed E-state index contributed by atoms with van der Waals surface area (Å²) in [7, 11) is -3.01. The molecule has 5 heteroatoms. The van der Waals surface area contributed by atoms with Crippen LogP contribution in [0.5, 0.6) is 5.75 Å². The Hall–Kier alpha value is -0.886. The zero-order valence-electron chi connectivity index (χ0n) is 19.9. The fraction of sp³-hybridized carbons (Fsp3) is 0.667. The smallest absolute Gasteiger partial charge is 0.250 e. The van der Waals surface area contributed by atoms with Gasteiger partial charge in [0.05, 0.1) is 13.2 Å². The topological polar surface area (TPSA) is 27.7 Å². The van der Waals surface area contributed by atoms with Crippen LogP contribution in [0, 0.1) is 5.92 Å². The first kappa shape index (κ1) is 24.4. The Bertz CT molecular complexity index is 663. The van der Waals surface area contributed by atoms with Crippen molar-refractivity contribution in [3.8, 4) is 5.75 Å². The molecule has 1 heterocycles. The average Bonchev–Trinajstić information content (AvgIpc) is 3.06. The molecule has 1 aliphatic heterocycles. The molecule has 1 atom stereocenters. The molecule has 164 valence electrons. The molecule has 0 spiro atoms. The van der Waals surface area contributed by atoms with Crippen LogP contribution in [0.4, 0.5) is 0 Å². The summed E-state index contributed by atoms with van der Waals surface area (Å²) in [4.78, 5) is 0. The van der Waals surface area contributed by atoms with Gasteiger partial charge in [-0.05, 0) is 54.2 Å². The Balaban J connectivity index is 2.08. The standard InChI is InChI=1S/C24H42O3Si2/c1-19(18-28(5,6)7)21(17-23-25-14-15-26-23)16-20-10-12-22(13-11-20)27-29(8,9)24(2,3)4/h10-13,21,23H,1,14-18H2,2-9H3/t21-/m0/s1. The van der Waals surface area contributed by atoms with Crippen LogP contribution >= 0.6 is 0 Å². The van der Waals surface area contributed by atoms with Crippen LogP contribution in [0.15, 0.2) is 36.4 Å². The monoisotopic (exact) mass is 434 g/mol. The highest BCUT2D eigenvalue weighted by atomic mass is 28.4. The van der Waals surface area contributed by atoms with E-state index in [1.807, 2.05) is 0 Å². The molecular weight excluding hydrogens is 392 g/mol. The molecule has 1 aromatic rings. The zero-order valence-corrected chi connectivity index (χ0v) is 21.9. The van der Waals surface area contributed by atoms with Crippen molar-refractivity contribution in [1.29, 1.82) is 0 Å². The van der Waals surface area contributed by atoms with Gasteiger partial charge in [0.2, 0.25) is 8.32 Å². The molecule has 0 saturated carbocycles. The molecule has 1 saturated heterocycles. The number of ether oxygens (including phenoxy) is 2. The van der Waals surface area contributed by atoms with Gasteiger partial charge in [-0.2, -0.15) is 0 Å². The lowest BCUT2D eigenvalue weighted by Gasteiger charge is -2.36. The molecule has 0 radical (unpaired) electrons. The van der Waals surface area contributed by atoms with Gasteiger partial charge >= 0.3 is 0 Å². The van der Waals surface area contributed by atoms with Crippen molar-refractivity contribution in [1.82, 2.24) is 0 Å². The van der Waals surface area contributed by atoms with Crippen molar-refractivity contribution in [3.63, 3.8) is 0 Å². The predicted molar refractivity (Wildman–Crippen MR) is 129 cm³/mol. The van der Waals surface area contributed by atoms with Crippen molar-refractivity contribution in [2.45, 2.75) is 83.7 Å². The minimum atomic E-state index is -1.81. The third kappa shape index (κ3) is 7.70. The maximum absolute atomic E-state index is 6.43. The first-order valence-corrected chi connectivity index (χ1v) is 17.6. The second kappa shape index (κ2) is 9.50. The van der Waals surface area contributed by atoms with E-state index in [1.165, 1.54) is 11.1 Å². The average molecular weight is 435 g/mol. The number of rotatable bonds is 9. The second-order valence-corrected chi connectivity index (χ2v) is 21.4. The van der Waals surface area contributed by atoms with Crippen molar-refractivity contribution in [3.05, 3.63) is 42.0 Å². The normalized spacial score (nSPS) is 17.4. The molecule has 1 aliphatic rings. The molecule has 1 fully saturated rings. The quantitative estimate of drug-likeness (QED) is 0.313. The molecule has 0 aromatic heterocycles. The van der Waals surface area contributed by atoms with E-state index in [0.29, 0.717) is 19.1 Å². The Morgan fingerprint density at radius 3 is 2.10 bits per heavy atom. The molecule has 2 rings (SSSR count). The largest absolute Gasteiger partial charge is 0.544 e. The van der Waals surface area contributed by atoms with E-state index in [0.717, 1.165) is 24.6 Å². The Labute approximate surface area is 181 Å². The molecule has 0 N–H and O–H groups in total. The van der Waals surface area contributed by atoms with Crippen molar-refractivity contribution in [2.75, 3.05) is 13.2 Å². The molecular formula is C24H42O3Si2. The number of allylic oxidation sites excluding steroid dienone is 1. The molecule has 0 amide bonds. The molecule has 1 aromatic carbocycles. The summed E-state index contributed by atoms with van der Waals surface area (Å²) in [6, 6.07) is 9.85. The highest BCUT2D eigenvalue weighted by molar-refractivity contribution is 6.76. The molecule has 0 bridgehead atoms. The van der Waals surface area contributed by atoms with Crippen LogP contribution in [-0.2, 0) is 15.9 Å². The first-order chi connectivity index (χ1) is 13.3. The number of hydrogen-bond donors (Lipinski definition) is 0. The van der Waals surface area contributed by atoms with E-state index in [4.69, 9.17) is 13.9 Å². The molecule has 0 unspecified atom stereocenters. The maximum atomic E-state index is 6.43. The van der Waals surface area contributed by atoms with Crippen LogP contribution in [0.1, 0.15) is 32.8 Å². The van der Waals surface area contributed by atoms with Crippen molar-refractivity contribution < 1.29 is 13.9 Å². The lowest BCUT2D eigenvalue weighted by atomic mass is 9.90. The van der Waals surface area contributed by atoms with Gasteiger partial charge in [0.1, 0.15) is 5.75 Å². The summed E-state index contributed by atoms with van der Waals surface area (Å²) in [6.07, 6.45) is 1.79. The van der Waals surface area contributed by atoms with E-state index in [9.17, 15) is 0 Å². The Morgan fingerprint density at radius 2 is 1.62 bits per heavy atom. The van der Waals surface area contributed by atoms with Crippen LogP contribution < -0.4 is 4.43 Å². The third-order valence-corrected chi connectivity index (χ3v) is 12.0. The van der Waals surface area contributed by atoms with Gasteiger partial charge in [0.25, 0.3) is 0 Å². The van der Waals surface area contributed by atoms with E-state index in [1.54, 1.807) is 0 Å². The molecule has 0 aliphatic carbocycles. The third-order valence-electron chi connectivity index (χ3n) is 6.09. The van der Waals surface area contributed by atoms with E-state index < -0.39 is 16.4 Å². The summed E-state index contributed by atoms with van der Waals surface area (Å²) in [5.41, 5.74) is 2.68. The summed E-state index contributed by atoms with van der Waals surface area (Å²) in [6.45, 7) is 24.5. The minimum absolute atomic E-state index is 0.0837. The van der Waals surface area contributed by atoms with E-state index in [2.05, 4.69) is 84.4 Å². The SMILES string of the molecule is C=C(C[Si](C)(C)C)[C@@H](Cc1ccc(O[Si](C)(C)C(C)(C)C)cc1)CC1OCCO1. The highest BCUT2D eigenvalue weighted by Crippen LogP contribution is 2.37. The fourth-order valence-corrected chi connectivity index (χ4v) is 6.10. The summed E-state index contributed by atoms with van der Waals surface area (Å²) < 4.78 is 17.9. The number of benzene rings is 1. The van der Waals surface area contributed by atoms with E-state index >= 15 is 0 Å². The van der Waals surface area contributed by atoms with Gasteiger partial charge in [-0.3, -0.25) is 0 Å². The van der Waals surface area contributed by atoms with E-state index in [-0.39, 0.29) is 11.3 Å². The first-order valence-electron chi connectivity index (χ1n) is 11.0. The molecule has 29 heavy (non-hydrogen) atoms. The van der Waals surface area contributed by atoms with Crippen LogP contribution in [0.25, 0.3) is 0 Å². The van der Waals surface area contributed by atoms with Gasteiger partial charge in [-0.15, -0.1) is 0 Å². The lowest BCUT2D eigenvalue weighted by Crippen LogP contribution is -2.43. The highest BCUT2D eigenvalue weighted by Gasteiger charge is 2.39. The maximum Gasteiger partial charge on any atom is 0.250 e. The van der Waals surface area contributed by atoms with Crippen LogP contribution in [0.3, 0.4) is 0 Å². The summed E-state index contributed by atoms with van der Waals surface area (Å²) in [5, 5.41) is 0.201. The fourth-order valence-electron chi connectivity index (χ4n) is 3.42. The Morgan fingerprint density at radius 1 is 1.07 bits per heavy atom. The minimum Gasteiger partial charge on any atom is -0.544 e. The van der Waals surface area contributed by atoms with Crippen LogP contribution in [-0.4, -0.2) is 35.9 Å². The van der Waals surface area contributed by atoms with Crippen molar-refractivity contribution >= 4 is 16.4 Å². The zero-order chi connectivity index (χ0) is 21.9. The van der Waals surface area contributed by atoms with Gasteiger partial charge in [0.15, 0.2) is 6.29 Å². The lowest BCUT2D eigenvalue weighted by molar-refractivity contribution is -0.0541. The second-order valence-electron chi connectivity index (χ2n) is 11.2. The van der Waals surface area contributed by atoms with Crippen molar-refractivity contribution in [2.24, 2.45) is 5.92 Å². The van der Waals surface area contributed by atoms with Gasteiger partial charge in [-0.1, -0.05) is 64.7 Å². The predicted octanol–water partition coefficient (Wildman–Crippen LogP) is 6.89. The summed E-state index contributed by atoms with van der Waals surface area (Å²) in [5.74, 6) is 1.37. The van der Waals surface area contributed by atoms with Gasteiger partial charge in [-0.25, -0.2) is 0 Å².